The highest BCUT2D eigenvalue weighted by atomic mass is 19.1. The molecule has 1 saturated heterocycles. The largest absolute Gasteiger partial charge is 0.481 e. The number of nitrogens with zero attached hydrogens (tertiary/aromatic N) is 1. The lowest BCUT2D eigenvalue weighted by molar-refractivity contribution is 0.390. The van der Waals surface area contributed by atoms with Gasteiger partial charge in [0.15, 0.2) is 0 Å². The predicted octanol–water partition coefficient (Wildman–Crippen LogP) is 3.09. The molecule has 4 heteroatoms. The summed E-state index contributed by atoms with van der Waals surface area (Å²) in [5.41, 5.74) is 2.39. The van der Waals surface area contributed by atoms with Crippen molar-refractivity contribution in [2.24, 2.45) is 0 Å². The highest BCUT2D eigenvalue weighted by molar-refractivity contribution is 5.30. The smallest absolute Gasteiger partial charge is 0.212 e. The topological polar surface area (TPSA) is 34.1 Å². The quantitative estimate of drug-likeness (QED) is 0.941. The molecule has 0 bridgehead atoms. The predicted molar refractivity (Wildman–Crippen MR) is 80.2 cm³/mol. The first-order chi connectivity index (χ1) is 10.3. The zero-order valence-corrected chi connectivity index (χ0v) is 12.1. The third-order valence-corrected chi connectivity index (χ3v) is 4.18. The van der Waals surface area contributed by atoms with Gasteiger partial charge in [0.1, 0.15) is 5.82 Å². The molecule has 3 rings (SSSR count). The summed E-state index contributed by atoms with van der Waals surface area (Å²) in [6.07, 6.45) is 2.95. The average molecular weight is 286 g/mol. The number of aromatic nitrogens is 1. The summed E-state index contributed by atoms with van der Waals surface area (Å²) in [5.74, 6) is 1.18. The fraction of sp³-hybridized carbons (Fsp3) is 0.353. The summed E-state index contributed by atoms with van der Waals surface area (Å²) >= 11 is 0. The Balaban J connectivity index is 1.88. The van der Waals surface area contributed by atoms with Gasteiger partial charge in [-0.05, 0) is 42.1 Å². The molecule has 1 fully saturated rings. The van der Waals surface area contributed by atoms with Crippen molar-refractivity contribution in [1.82, 2.24) is 10.3 Å². The molecule has 0 saturated carbocycles. The Labute approximate surface area is 124 Å². The molecule has 0 spiro atoms. The number of methoxy groups -OCH3 is 1. The molecule has 2 atom stereocenters. The van der Waals surface area contributed by atoms with Crippen molar-refractivity contribution in [3.8, 4) is 5.88 Å². The lowest BCUT2D eigenvalue weighted by Crippen LogP contribution is -2.34. The first-order valence-corrected chi connectivity index (χ1v) is 7.24. The molecule has 2 unspecified atom stereocenters. The number of hydrogen-bond acceptors (Lipinski definition) is 3. The van der Waals surface area contributed by atoms with E-state index in [1.54, 1.807) is 7.11 Å². The Morgan fingerprint density at radius 3 is 2.52 bits per heavy atom. The van der Waals surface area contributed by atoms with Gasteiger partial charge >= 0.3 is 0 Å². The van der Waals surface area contributed by atoms with E-state index in [-0.39, 0.29) is 5.82 Å². The number of rotatable bonds is 3. The zero-order chi connectivity index (χ0) is 14.7. The standard InChI is InChI=1S/C17H19FN2O/c1-21-17-7-4-13(10-20-17)15-8-9-19-11-16(15)12-2-5-14(18)6-3-12/h2-7,10,15-16,19H,8-9,11H2,1H3. The lowest BCUT2D eigenvalue weighted by Gasteiger charge is -2.32. The molecule has 1 aliphatic heterocycles. The van der Waals surface area contributed by atoms with E-state index < -0.39 is 0 Å². The molecule has 0 amide bonds. The van der Waals surface area contributed by atoms with Gasteiger partial charge in [-0.15, -0.1) is 0 Å². The highest BCUT2D eigenvalue weighted by Crippen LogP contribution is 2.37. The van der Waals surface area contributed by atoms with Gasteiger partial charge in [-0.25, -0.2) is 9.37 Å². The van der Waals surface area contributed by atoms with Crippen LogP contribution in [0.15, 0.2) is 42.6 Å². The zero-order valence-electron chi connectivity index (χ0n) is 12.1. The second kappa shape index (κ2) is 6.22. The summed E-state index contributed by atoms with van der Waals surface area (Å²) in [6.45, 7) is 1.90. The number of pyridine rings is 1. The van der Waals surface area contributed by atoms with E-state index in [4.69, 9.17) is 4.74 Å². The van der Waals surface area contributed by atoms with E-state index in [1.165, 1.54) is 23.3 Å². The molecule has 1 aromatic heterocycles. The van der Waals surface area contributed by atoms with E-state index in [0.29, 0.717) is 17.7 Å². The Kier molecular flexibility index (Phi) is 4.15. The molecule has 2 heterocycles. The highest BCUT2D eigenvalue weighted by Gasteiger charge is 2.27. The minimum atomic E-state index is -0.190. The number of halogens is 1. The molecule has 3 nitrogen and oxygen atoms in total. The van der Waals surface area contributed by atoms with E-state index >= 15 is 0 Å². The molecule has 1 N–H and O–H groups in total. The van der Waals surface area contributed by atoms with Crippen molar-refractivity contribution in [2.75, 3.05) is 20.2 Å². The number of piperidine rings is 1. The first-order valence-electron chi connectivity index (χ1n) is 7.24. The second-order valence-corrected chi connectivity index (χ2v) is 5.39. The fourth-order valence-electron chi connectivity index (χ4n) is 3.05. The Morgan fingerprint density at radius 1 is 1.10 bits per heavy atom. The van der Waals surface area contributed by atoms with Crippen molar-refractivity contribution in [1.29, 1.82) is 0 Å². The summed E-state index contributed by atoms with van der Waals surface area (Å²) in [6, 6.07) is 10.8. The summed E-state index contributed by atoms with van der Waals surface area (Å²) in [4.78, 5) is 4.31. The van der Waals surface area contributed by atoms with Crippen molar-refractivity contribution in [3.63, 3.8) is 0 Å². The first kappa shape index (κ1) is 14.0. The van der Waals surface area contributed by atoms with Crippen molar-refractivity contribution in [3.05, 3.63) is 59.5 Å². The molecule has 1 aliphatic rings. The molecular formula is C17H19FN2O. The summed E-state index contributed by atoms with van der Waals surface area (Å²) in [5, 5.41) is 3.43. The van der Waals surface area contributed by atoms with Crippen molar-refractivity contribution >= 4 is 0 Å². The van der Waals surface area contributed by atoms with Crippen LogP contribution in [0.3, 0.4) is 0 Å². The third-order valence-electron chi connectivity index (χ3n) is 4.18. The normalized spacial score (nSPS) is 22.0. The van der Waals surface area contributed by atoms with Crippen LogP contribution in [0.1, 0.15) is 29.4 Å². The van der Waals surface area contributed by atoms with Crippen molar-refractivity contribution < 1.29 is 9.13 Å². The number of nitrogens with one attached hydrogen (secondary N) is 1. The van der Waals surface area contributed by atoms with Crippen LogP contribution in [-0.4, -0.2) is 25.2 Å². The van der Waals surface area contributed by atoms with E-state index in [9.17, 15) is 4.39 Å². The lowest BCUT2D eigenvalue weighted by atomic mass is 9.78. The molecule has 2 aromatic rings. The molecule has 21 heavy (non-hydrogen) atoms. The van der Waals surface area contributed by atoms with Gasteiger partial charge in [0.05, 0.1) is 7.11 Å². The molecule has 0 radical (unpaired) electrons. The van der Waals surface area contributed by atoms with Gasteiger partial charge in [-0.1, -0.05) is 18.2 Å². The van der Waals surface area contributed by atoms with Gasteiger partial charge in [0.2, 0.25) is 5.88 Å². The van der Waals surface area contributed by atoms with Crippen LogP contribution in [0, 0.1) is 5.82 Å². The SMILES string of the molecule is COc1ccc(C2CCNCC2c2ccc(F)cc2)cn1. The summed E-state index contributed by atoms with van der Waals surface area (Å²) in [7, 11) is 1.62. The minimum absolute atomic E-state index is 0.190. The Hall–Kier alpha value is -1.94. The van der Waals surface area contributed by atoms with Gasteiger partial charge in [0, 0.05) is 24.7 Å². The number of ether oxygens (including phenoxy) is 1. The Bertz CT molecular complexity index is 583. The van der Waals surface area contributed by atoms with Crippen LogP contribution in [0.2, 0.25) is 0 Å². The van der Waals surface area contributed by atoms with Crippen LogP contribution >= 0.6 is 0 Å². The van der Waals surface area contributed by atoms with Crippen LogP contribution in [0.5, 0.6) is 5.88 Å². The van der Waals surface area contributed by atoms with Gasteiger partial charge in [0.25, 0.3) is 0 Å². The average Bonchev–Trinajstić information content (AvgIpc) is 2.56. The maximum Gasteiger partial charge on any atom is 0.212 e. The monoisotopic (exact) mass is 286 g/mol. The molecular weight excluding hydrogens is 267 g/mol. The van der Waals surface area contributed by atoms with E-state index in [2.05, 4.69) is 16.4 Å². The van der Waals surface area contributed by atoms with Gasteiger partial charge in [-0.2, -0.15) is 0 Å². The van der Waals surface area contributed by atoms with Gasteiger partial charge < -0.3 is 10.1 Å². The molecule has 1 aromatic carbocycles. The van der Waals surface area contributed by atoms with Crippen LogP contribution in [0.4, 0.5) is 4.39 Å². The van der Waals surface area contributed by atoms with E-state index in [1.807, 2.05) is 24.4 Å². The maximum atomic E-state index is 13.1. The van der Waals surface area contributed by atoms with Gasteiger partial charge in [-0.3, -0.25) is 0 Å². The van der Waals surface area contributed by atoms with Crippen molar-refractivity contribution in [2.45, 2.75) is 18.3 Å². The molecule has 110 valence electrons. The minimum Gasteiger partial charge on any atom is -0.481 e. The van der Waals surface area contributed by atoms with E-state index in [0.717, 1.165) is 19.5 Å². The molecule has 0 aliphatic carbocycles. The van der Waals surface area contributed by atoms with Crippen LogP contribution < -0.4 is 10.1 Å². The van der Waals surface area contributed by atoms with Crippen LogP contribution in [-0.2, 0) is 0 Å². The van der Waals surface area contributed by atoms with Crippen LogP contribution in [0.25, 0.3) is 0 Å². The third kappa shape index (κ3) is 3.05. The second-order valence-electron chi connectivity index (χ2n) is 5.39. The maximum absolute atomic E-state index is 13.1. The number of benzene rings is 1. The summed E-state index contributed by atoms with van der Waals surface area (Å²) < 4.78 is 18.2. The fourth-order valence-corrected chi connectivity index (χ4v) is 3.05. The Morgan fingerprint density at radius 2 is 1.86 bits per heavy atom. The number of hydrogen-bond donors (Lipinski definition) is 1.